The molecule has 6 nitrogen and oxygen atoms in total. The lowest BCUT2D eigenvalue weighted by Crippen LogP contribution is -2.51. The number of piperazine rings is 1. The second-order valence-electron chi connectivity index (χ2n) is 5.75. The zero-order valence-electron chi connectivity index (χ0n) is 13.6. The third-order valence-electron chi connectivity index (χ3n) is 4.08. The van der Waals surface area contributed by atoms with Crippen LogP contribution in [0.3, 0.4) is 0 Å². The van der Waals surface area contributed by atoms with Crippen molar-refractivity contribution in [2.45, 2.75) is 0 Å². The first-order chi connectivity index (χ1) is 11.6. The van der Waals surface area contributed by atoms with Gasteiger partial charge >= 0.3 is 0 Å². The number of nitrogens with zero attached hydrogens (tertiary/aromatic N) is 5. The molecular formula is C17H20ClN5O. The molecule has 2 aromatic rings. The van der Waals surface area contributed by atoms with E-state index in [4.69, 9.17) is 11.6 Å². The maximum absolute atomic E-state index is 12.5. The van der Waals surface area contributed by atoms with Crippen molar-refractivity contribution < 1.29 is 4.79 Å². The number of carbonyl (C=O) groups excluding carboxylic acids is 1. The third-order valence-corrected chi connectivity index (χ3v) is 4.30. The molecule has 0 atom stereocenters. The van der Waals surface area contributed by atoms with Gasteiger partial charge in [0.25, 0.3) is 0 Å². The van der Waals surface area contributed by atoms with Crippen LogP contribution in [0.4, 0.5) is 11.6 Å². The van der Waals surface area contributed by atoms with E-state index >= 15 is 0 Å². The molecule has 0 unspecified atom stereocenters. The number of hydrogen-bond donors (Lipinski definition) is 0. The summed E-state index contributed by atoms with van der Waals surface area (Å²) in [6.45, 7) is 3.31. The van der Waals surface area contributed by atoms with Crippen LogP contribution in [0.5, 0.6) is 0 Å². The van der Waals surface area contributed by atoms with Crippen LogP contribution in [0.1, 0.15) is 0 Å². The van der Waals surface area contributed by atoms with Crippen molar-refractivity contribution in [1.82, 2.24) is 14.9 Å². The lowest BCUT2D eigenvalue weighted by molar-refractivity contribution is -0.129. The van der Waals surface area contributed by atoms with Crippen molar-refractivity contribution in [3.8, 4) is 0 Å². The molecule has 1 amide bonds. The Labute approximate surface area is 146 Å². The van der Waals surface area contributed by atoms with Crippen LogP contribution in [-0.4, -0.2) is 60.5 Å². The highest BCUT2D eigenvalue weighted by Crippen LogP contribution is 2.15. The molecule has 2 aromatic heterocycles. The predicted octanol–water partition coefficient (Wildman–Crippen LogP) is 1.91. The Morgan fingerprint density at radius 1 is 1.17 bits per heavy atom. The Morgan fingerprint density at radius 2 is 1.96 bits per heavy atom. The van der Waals surface area contributed by atoms with Gasteiger partial charge in [-0.1, -0.05) is 17.7 Å². The minimum Gasteiger partial charge on any atom is -0.353 e. The monoisotopic (exact) mass is 345 g/mol. The van der Waals surface area contributed by atoms with Crippen LogP contribution < -0.4 is 9.80 Å². The fourth-order valence-electron chi connectivity index (χ4n) is 2.70. The van der Waals surface area contributed by atoms with Gasteiger partial charge in [-0.15, -0.1) is 0 Å². The number of anilines is 2. The number of aromatic nitrogens is 2. The molecule has 0 aromatic carbocycles. The standard InChI is InChI=1S/C17H20ClN5O/c1-21(15-6-5-14(18)12-20-15)13-17(24)23-10-8-22(9-11-23)16-4-2-3-7-19-16/h2-7,12H,8-11,13H2,1H3. The Balaban J connectivity index is 1.52. The number of likely N-dealkylation sites (N-methyl/N-ethyl adjacent to an activating group) is 1. The molecule has 3 rings (SSSR count). The summed E-state index contributed by atoms with van der Waals surface area (Å²) in [7, 11) is 1.86. The van der Waals surface area contributed by atoms with Crippen molar-refractivity contribution in [1.29, 1.82) is 0 Å². The van der Waals surface area contributed by atoms with E-state index in [9.17, 15) is 4.79 Å². The Hall–Kier alpha value is -2.34. The summed E-state index contributed by atoms with van der Waals surface area (Å²) in [6, 6.07) is 9.47. The van der Waals surface area contributed by atoms with E-state index in [1.165, 1.54) is 0 Å². The third kappa shape index (κ3) is 3.94. The number of halogens is 1. The molecule has 24 heavy (non-hydrogen) atoms. The van der Waals surface area contributed by atoms with Crippen molar-refractivity contribution in [2.75, 3.05) is 49.6 Å². The summed E-state index contributed by atoms with van der Waals surface area (Å²) in [5.74, 6) is 1.81. The maximum Gasteiger partial charge on any atom is 0.242 e. The molecule has 0 radical (unpaired) electrons. The van der Waals surface area contributed by atoms with Gasteiger partial charge in [0.1, 0.15) is 11.6 Å². The Kier molecular flexibility index (Phi) is 5.15. The van der Waals surface area contributed by atoms with Gasteiger partial charge < -0.3 is 14.7 Å². The van der Waals surface area contributed by atoms with E-state index in [2.05, 4.69) is 14.9 Å². The van der Waals surface area contributed by atoms with Crippen molar-refractivity contribution in [2.24, 2.45) is 0 Å². The van der Waals surface area contributed by atoms with Crippen LogP contribution >= 0.6 is 11.6 Å². The summed E-state index contributed by atoms with van der Waals surface area (Å²) < 4.78 is 0. The smallest absolute Gasteiger partial charge is 0.242 e. The number of amides is 1. The first-order valence-electron chi connectivity index (χ1n) is 7.90. The highest BCUT2D eigenvalue weighted by atomic mass is 35.5. The molecule has 1 aliphatic heterocycles. The SMILES string of the molecule is CN(CC(=O)N1CCN(c2ccccn2)CC1)c1ccc(Cl)cn1. The molecule has 0 spiro atoms. The van der Waals surface area contributed by atoms with E-state index in [0.717, 1.165) is 24.7 Å². The first-order valence-corrected chi connectivity index (χ1v) is 8.28. The minimum atomic E-state index is 0.106. The normalized spacial score (nSPS) is 14.6. The Morgan fingerprint density at radius 3 is 2.58 bits per heavy atom. The first kappa shape index (κ1) is 16.5. The fraction of sp³-hybridized carbons (Fsp3) is 0.353. The van der Waals surface area contributed by atoms with Crippen LogP contribution in [0.2, 0.25) is 5.02 Å². The average molecular weight is 346 g/mol. The quantitative estimate of drug-likeness (QED) is 0.847. The highest BCUT2D eigenvalue weighted by Gasteiger charge is 2.22. The van der Waals surface area contributed by atoms with E-state index < -0.39 is 0 Å². The van der Waals surface area contributed by atoms with Gasteiger partial charge in [0.05, 0.1) is 11.6 Å². The van der Waals surface area contributed by atoms with E-state index in [0.29, 0.717) is 24.7 Å². The van der Waals surface area contributed by atoms with Crippen LogP contribution in [0, 0.1) is 0 Å². The molecule has 1 fully saturated rings. The van der Waals surface area contributed by atoms with Gasteiger partial charge in [0.15, 0.2) is 0 Å². The van der Waals surface area contributed by atoms with Gasteiger partial charge in [-0.05, 0) is 24.3 Å². The number of hydrogen-bond acceptors (Lipinski definition) is 5. The van der Waals surface area contributed by atoms with E-state index in [-0.39, 0.29) is 5.91 Å². The molecule has 126 valence electrons. The maximum atomic E-state index is 12.5. The molecule has 0 aliphatic carbocycles. The largest absolute Gasteiger partial charge is 0.353 e. The second kappa shape index (κ2) is 7.49. The van der Waals surface area contributed by atoms with Gasteiger partial charge in [-0.3, -0.25) is 4.79 Å². The summed E-state index contributed by atoms with van der Waals surface area (Å²) in [5, 5.41) is 0.587. The number of carbonyl (C=O) groups is 1. The molecular weight excluding hydrogens is 326 g/mol. The molecule has 7 heteroatoms. The zero-order valence-corrected chi connectivity index (χ0v) is 14.4. The molecule has 0 N–H and O–H groups in total. The van der Waals surface area contributed by atoms with Gasteiger partial charge in [-0.25, -0.2) is 9.97 Å². The van der Waals surface area contributed by atoms with E-state index in [1.54, 1.807) is 18.5 Å². The molecule has 1 saturated heterocycles. The predicted molar refractivity (Wildman–Crippen MR) is 95.5 cm³/mol. The summed E-state index contributed by atoms with van der Waals surface area (Å²) in [4.78, 5) is 27.0. The van der Waals surface area contributed by atoms with Crippen LogP contribution in [0.25, 0.3) is 0 Å². The fourth-order valence-corrected chi connectivity index (χ4v) is 2.82. The summed E-state index contributed by atoms with van der Waals surface area (Å²) in [6.07, 6.45) is 3.38. The lowest BCUT2D eigenvalue weighted by atomic mass is 10.3. The van der Waals surface area contributed by atoms with Crippen molar-refractivity contribution in [3.05, 3.63) is 47.7 Å². The van der Waals surface area contributed by atoms with Gasteiger partial charge in [-0.2, -0.15) is 0 Å². The van der Waals surface area contributed by atoms with Gasteiger partial charge in [0, 0.05) is 45.6 Å². The number of rotatable bonds is 4. The molecule has 1 aliphatic rings. The average Bonchev–Trinajstić information content (AvgIpc) is 2.63. The topological polar surface area (TPSA) is 52.6 Å². The number of pyridine rings is 2. The molecule has 0 bridgehead atoms. The van der Waals surface area contributed by atoms with Crippen molar-refractivity contribution >= 4 is 29.1 Å². The Bertz CT molecular complexity index is 671. The zero-order chi connectivity index (χ0) is 16.9. The van der Waals surface area contributed by atoms with Gasteiger partial charge in [0.2, 0.25) is 5.91 Å². The van der Waals surface area contributed by atoms with E-state index in [1.807, 2.05) is 41.1 Å². The minimum absolute atomic E-state index is 0.106. The lowest BCUT2D eigenvalue weighted by Gasteiger charge is -2.36. The van der Waals surface area contributed by atoms with Crippen LogP contribution in [-0.2, 0) is 4.79 Å². The van der Waals surface area contributed by atoms with Crippen LogP contribution in [0.15, 0.2) is 42.7 Å². The second-order valence-corrected chi connectivity index (χ2v) is 6.18. The van der Waals surface area contributed by atoms with Crippen molar-refractivity contribution in [3.63, 3.8) is 0 Å². The molecule has 0 saturated carbocycles. The summed E-state index contributed by atoms with van der Waals surface area (Å²) in [5.41, 5.74) is 0. The highest BCUT2D eigenvalue weighted by molar-refractivity contribution is 6.30. The molecule has 3 heterocycles. The summed E-state index contributed by atoms with van der Waals surface area (Å²) >= 11 is 5.84.